The Bertz CT molecular complexity index is 1150. The lowest BCUT2D eigenvalue weighted by atomic mass is 10.0. The first-order chi connectivity index (χ1) is 13.7. The van der Waals surface area contributed by atoms with Crippen LogP contribution in [0.4, 0.5) is 4.39 Å². The number of rotatable bonds is 3. The number of imidazole rings is 1. The summed E-state index contributed by atoms with van der Waals surface area (Å²) in [5.74, 6) is 1.61. The van der Waals surface area contributed by atoms with Gasteiger partial charge >= 0.3 is 0 Å². The van der Waals surface area contributed by atoms with E-state index in [-0.39, 0.29) is 11.9 Å². The maximum absolute atomic E-state index is 13.3. The number of benzene rings is 3. The third-order valence-electron chi connectivity index (χ3n) is 5.19. The van der Waals surface area contributed by atoms with E-state index >= 15 is 0 Å². The monoisotopic (exact) mass is 436 g/mol. The third kappa shape index (κ3) is 3.20. The van der Waals surface area contributed by atoms with Crippen LogP contribution in [0.25, 0.3) is 11.0 Å². The molecule has 1 atom stereocenters. The Hall–Kier alpha value is -2.66. The van der Waals surface area contributed by atoms with E-state index in [9.17, 15) is 4.39 Å². The van der Waals surface area contributed by atoms with Crippen LogP contribution in [0.2, 0.25) is 0 Å². The average Bonchev–Trinajstić information content (AvgIpc) is 3.08. The minimum atomic E-state index is -0.224. The molecule has 0 amide bonds. The van der Waals surface area contributed by atoms with Crippen LogP contribution in [0.15, 0.2) is 71.2 Å². The molecular formula is C23H18BrFN2O. The Morgan fingerprint density at radius 3 is 2.75 bits per heavy atom. The highest BCUT2D eigenvalue weighted by atomic mass is 79.9. The molecule has 1 aliphatic heterocycles. The molecule has 3 aromatic carbocycles. The third-order valence-corrected chi connectivity index (χ3v) is 5.69. The van der Waals surface area contributed by atoms with Gasteiger partial charge in [0.15, 0.2) is 11.9 Å². The second-order valence-electron chi connectivity index (χ2n) is 7.07. The van der Waals surface area contributed by atoms with Crippen molar-refractivity contribution in [3.8, 4) is 5.75 Å². The first-order valence-corrected chi connectivity index (χ1v) is 10.1. The van der Waals surface area contributed by atoms with Gasteiger partial charge in [0.2, 0.25) is 0 Å². The largest absolute Gasteiger partial charge is 0.482 e. The van der Waals surface area contributed by atoms with Crippen LogP contribution < -0.4 is 4.74 Å². The van der Waals surface area contributed by atoms with E-state index in [2.05, 4.69) is 32.6 Å². The molecule has 1 aliphatic rings. The summed E-state index contributed by atoms with van der Waals surface area (Å²) in [6, 6.07) is 20.9. The zero-order chi connectivity index (χ0) is 19.1. The summed E-state index contributed by atoms with van der Waals surface area (Å²) >= 11 is 3.53. The first kappa shape index (κ1) is 17.4. The van der Waals surface area contributed by atoms with Crippen molar-refractivity contribution >= 4 is 27.0 Å². The number of fused-ring (bicyclic) bond motifs is 2. The number of nitrogens with zero attached hydrogens (tertiary/aromatic N) is 2. The standard InChI is InChI=1S/C23H18BrFN2O/c24-17-8-12-21-16(13-17)7-11-22(28-21)23-26-19-3-1-2-4-20(19)27(23)14-15-5-9-18(25)10-6-15/h1-6,8-10,12-13,22H,7,11,14H2. The van der Waals surface area contributed by atoms with Crippen LogP contribution in [0.5, 0.6) is 5.75 Å². The second kappa shape index (κ2) is 7.06. The minimum absolute atomic E-state index is 0.110. The van der Waals surface area contributed by atoms with Gasteiger partial charge in [-0.1, -0.05) is 40.2 Å². The predicted molar refractivity (Wildman–Crippen MR) is 111 cm³/mol. The van der Waals surface area contributed by atoms with Crippen LogP contribution in [0.1, 0.15) is 29.5 Å². The number of aryl methyl sites for hydroxylation is 1. The molecule has 0 aliphatic carbocycles. The van der Waals surface area contributed by atoms with E-state index in [1.165, 1.54) is 17.7 Å². The van der Waals surface area contributed by atoms with Crippen LogP contribution in [-0.2, 0) is 13.0 Å². The van der Waals surface area contributed by atoms with E-state index < -0.39 is 0 Å². The SMILES string of the molecule is Fc1ccc(Cn2c(C3CCc4cc(Br)ccc4O3)nc3ccccc32)cc1. The summed E-state index contributed by atoms with van der Waals surface area (Å²) in [5, 5.41) is 0. The number of ether oxygens (including phenoxy) is 1. The zero-order valence-electron chi connectivity index (χ0n) is 15.1. The second-order valence-corrected chi connectivity index (χ2v) is 7.98. The van der Waals surface area contributed by atoms with Crippen LogP contribution in [-0.4, -0.2) is 9.55 Å². The van der Waals surface area contributed by atoms with Gasteiger partial charge < -0.3 is 9.30 Å². The van der Waals surface area contributed by atoms with Crippen molar-refractivity contribution in [3.05, 3.63) is 94.0 Å². The van der Waals surface area contributed by atoms with Crippen molar-refractivity contribution in [3.63, 3.8) is 0 Å². The van der Waals surface area contributed by atoms with Crippen molar-refractivity contribution < 1.29 is 9.13 Å². The average molecular weight is 437 g/mol. The molecule has 0 saturated heterocycles. The van der Waals surface area contributed by atoms with E-state index in [1.807, 2.05) is 42.5 Å². The van der Waals surface area contributed by atoms with Gasteiger partial charge in [-0.25, -0.2) is 9.37 Å². The molecule has 140 valence electrons. The summed E-state index contributed by atoms with van der Waals surface area (Å²) in [6.07, 6.45) is 1.71. The fraction of sp³-hybridized carbons (Fsp3) is 0.174. The molecule has 4 aromatic rings. The van der Waals surface area contributed by atoms with Gasteiger partial charge in [0.05, 0.1) is 11.0 Å². The number of para-hydroxylation sites is 2. The van der Waals surface area contributed by atoms with Gasteiger partial charge in [-0.2, -0.15) is 0 Å². The lowest BCUT2D eigenvalue weighted by molar-refractivity contribution is 0.164. The first-order valence-electron chi connectivity index (χ1n) is 9.32. The summed E-state index contributed by atoms with van der Waals surface area (Å²) in [6.45, 7) is 0.628. The lowest BCUT2D eigenvalue weighted by Crippen LogP contribution is -2.20. The van der Waals surface area contributed by atoms with Gasteiger partial charge in [0, 0.05) is 11.0 Å². The molecule has 0 N–H and O–H groups in total. The fourth-order valence-electron chi connectivity index (χ4n) is 3.82. The smallest absolute Gasteiger partial charge is 0.157 e. The maximum Gasteiger partial charge on any atom is 0.157 e. The molecule has 0 spiro atoms. The van der Waals surface area contributed by atoms with Crippen LogP contribution in [0.3, 0.4) is 0 Å². The normalized spacial score (nSPS) is 16.0. The number of aromatic nitrogens is 2. The van der Waals surface area contributed by atoms with Crippen molar-refractivity contribution in [2.45, 2.75) is 25.5 Å². The van der Waals surface area contributed by atoms with Gasteiger partial charge in [-0.15, -0.1) is 0 Å². The molecule has 1 unspecified atom stereocenters. The number of hydrogen-bond acceptors (Lipinski definition) is 2. The highest BCUT2D eigenvalue weighted by Crippen LogP contribution is 2.37. The minimum Gasteiger partial charge on any atom is -0.482 e. The van der Waals surface area contributed by atoms with Crippen LogP contribution >= 0.6 is 15.9 Å². The topological polar surface area (TPSA) is 27.1 Å². The lowest BCUT2D eigenvalue weighted by Gasteiger charge is -2.26. The van der Waals surface area contributed by atoms with Crippen molar-refractivity contribution in [2.24, 2.45) is 0 Å². The van der Waals surface area contributed by atoms with Gasteiger partial charge in [0.25, 0.3) is 0 Å². The summed E-state index contributed by atoms with van der Waals surface area (Å²) < 4.78 is 22.9. The Balaban J connectivity index is 1.55. The highest BCUT2D eigenvalue weighted by molar-refractivity contribution is 9.10. The van der Waals surface area contributed by atoms with Crippen molar-refractivity contribution in [2.75, 3.05) is 0 Å². The van der Waals surface area contributed by atoms with Gasteiger partial charge in [-0.05, 0) is 66.4 Å². The zero-order valence-corrected chi connectivity index (χ0v) is 16.7. The Morgan fingerprint density at radius 1 is 1.07 bits per heavy atom. The van der Waals surface area contributed by atoms with E-state index in [1.54, 1.807) is 0 Å². The highest BCUT2D eigenvalue weighted by Gasteiger charge is 2.26. The summed E-state index contributed by atoms with van der Waals surface area (Å²) in [5.41, 5.74) is 4.26. The maximum atomic E-state index is 13.3. The van der Waals surface area contributed by atoms with Gasteiger partial charge in [0.1, 0.15) is 11.6 Å². The van der Waals surface area contributed by atoms with Gasteiger partial charge in [-0.3, -0.25) is 0 Å². The van der Waals surface area contributed by atoms with Crippen LogP contribution in [0, 0.1) is 5.82 Å². The van der Waals surface area contributed by atoms with Crippen molar-refractivity contribution in [1.82, 2.24) is 9.55 Å². The molecule has 0 bridgehead atoms. The molecular weight excluding hydrogens is 419 g/mol. The molecule has 1 aromatic heterocycles. The van der Waals surface area contributed by atoms with Crippen molar-refractivity contribution in [1.29, 1.82) is 0 Å². The fourth-order valence-corrected chi connectivity index (χ4v) is 4.23. The molecule has 0 radical (unpaired) electrons. The molecule has 5 heteroatoms. The Kier molecular flexibility index (Phi) is 4.40. The molecule has 0 fully saturated rings. The predicted octanol–water partition coefficient (Wildman–Crippen LogP) is 6.05. The summed E-state index contributed by atoms with van der Waals surface area (Å²) in [7, 11) is 0. The molecule has 2 heterocycles. The quantitative estimate of drug-likeness (QED) is 0.390. The number of hydrogen-bond donors (Lipinski definition) is 0. The Morgan fingerprint density at radius 2 is 1.89 bits per heavy atom. The molecule has 0 saturated carbocycles. The Labute approximate surface area is 170 Å². The number of halogens is 2. The molecule has 5 rings (SSSR count). The van der Waals surface area contributed by atoms with E-state index in [0.29, 0.717) is 6.54 Å². The molecule has 3 nitrogen and oxygen atoms in total. The van der Waals surface area contributed by atoms with E-state index in [4.69, 9.17) is 9.72 Å². The van der Waals surface area contributed by atoms with E-state index in [0.717, 1.165) is 45.5 Å². The summed E-state index contributed by atoms with van der Waals surface area (Å²) in [4.78, 5) is 4.90. The molecule has 28 heavy (non-hydrogen) atoms.